The summed E-state index contributed by atoms with van der Waals surface area (Å²) < 4.78 is 38.1. The van der Waals surface area contributed by atoms with Crippen molar-refractivity contribution in [1.29, 1.82) is 0 Å². The molecule has 0 radical (unpaired) electrons. The van der Waals surface area contributed by atoms with E-state index < -0.39 is 11.7 Å². The lowest BCUT2D eigenvalue weighted by atomic mass is 9.96. The van der Waals surface area contributed by atoms with Crippen LogP contribution in [0.1, 0.15) is 36.4 Å². The van der Waals surface area contributed by atoms with E-state index in [-0.39, 0.29) is 11.1 Å². The maximum Gasteiger partial charge on any atom is 0.417 e. The highest BCUT2D eigenvalue weighted by atomic mass is 35.5. The number of piperidine rings is 1. The van der Waals surface area contributed by atoms with Crippen molar-refractivity contribution >= 4 is 11.6 Å². The third-order valence-electron chi connectivity index (χ3n) is 3.02. The predicted molar refractivity (Wildman–Crippen MR) is 61.0 cm³/mol. The van der Waals surface area contributed by atoms with Crippen molar-refractivity contribution < 1.29 is 13.2 Å². The first-order chi connectivity index (χ1) is 8.00. The van der Waals surface area contributed by atoms with Crippen LogP contribution in [-0.4, -0.2) is 6.54 Å². The van der Waals surface area contributed by atoms with Gasteiger partial charge in [0, 0.05) is 6.04 Å². The van der Waals surface area contributed by atoms with Crippen LogP contribution in [0, 0.1) is 0 Å². The summed E-state index contributed by atoms with van der Waals surface area (Å²) >= 11 is 5.87. The van der Waals surface area contributed by atoms with Gasteiger partial charge in [0.25, 0.3) is 0 Å². The van der Waals surface area contributed by atoms with E-state index >= 15 is 0 Å². The van der Waals surface area contributed by atoms with Gasteiger partial charge in [-0.2, -0.15) is 13.2 Å². The van der Waals surface area contributed by atoms with Crippen molar-refractivity contribution in [2.45, 2.75) is 31.5 Å². The predicted octanol–water partition coefficient (Wildman–Crippen LogP) is 4.17. The summed E-state index contributed by atoms with van der Waals surface area (Å²) in [5, 5.41) is 3.04. The number of nitrogens with one attached hydrogen (secondary N) is 1. The molecule has 1 nitrogen and oxygen atoms in total. The summed E-state index contributed by atoms with van der Waals surface area (Å²) in [5.74, 6) is 0. The Morgan fingerprint density at radius 3 is 2.59 bits per heavy atom. The van der Waals surface area contributed by atoms with Crippen LogP contribution in [0.25, 0.3) is 0 Å². The average Bonchev–Trinajstić information content (AvgIpc) is 2.29. The van der Waals surface area contributed by atoms with Gasteiger partial charge in [-0.05, 0) is 31.0 Å². The van der Waals surface area contributed by atoms with Gasteiger partial charge in [0.2, 0.25) is 0 Å². The first-order valence-electron chi connectivity index (χ1n) is 5.59. The van der Waals surface area contributed by atoms with Crippen molar-refractivity contribution in [2.24, 2.45) is 0 Å². The lowest BCUT2D eigenvalue weighted by molar-refractivity contribution is -0.137. The fourth-order valence-electron chi connectivity index (χ4n) is 2.16. The summed E-state index contributed by atoms with van der Waals surface area (Å²) in [7, 11) is 0. The van der Waals surface area contributed by atoms with Gasteiger partial charge in [0.15, 0.2) is 0 Å². The molecular formula is C12H13ClF3N. The molecular weight excluding hydrogens is 251 g/mol. The molecule has 1 saturated heterocycles. The molecule has 1 N–H and O–H groups in total. The third kappa shape index (κ3) is 2.75. The minimum absolute atomic E-state index is 0.0569. The second kappa shape index (κ2) is 4.86. The largest absolute Gasteiger partial charge is 0.417 e. The fourth-order valence-corrected chi connectivity index (χ4v) is 2.52. The molecule has 0 unspecified atom stereocenters. The van der Waals surface area contributed by atoms with E-state index in [9.17, 15) is 13.2 Å². The van der Waals surface area contributed by atoms with Crippen molar-refractivity contribution in [3.05, 3.63) is 34.3 Å². The van der Waals surface area contributed by atoms with Gasteiger partial charge in [-0.1, -0.05) is 30.2 Å². The molecule has 0 spiro atoms. The summed E-state index contributed by atoms with van der Waals surface area (Å²) in [5.41, 5.74) is -0.190. The van der Waals surface area contributed by atoms with Gasteiger partial charge in [0.1, 0.15) is 0 Å². The first kappa shape index (κ1) is 12.7. The fraction of sp³-hybridized carbons (Fsp3) is 0.500. The Morgan fingerprint density at radius 1 is 1.24 bits per heavy atom. The highest BCUT2D eigenvalue weighted by Crippen LogP contribution is 2.39. The van der Waals surface area contributed by atoms with Gasteiger partial charge < -0.3 is 5.32 Å². The summed E-state index contributed by atoms with van der Waals surface area (Å²) in [4.78, 5) is 0. The molecule has 0 aliphatic carbocycles. The van der Waals surface area contributed by atoms with E-state index in [1.807, 2.05) is 0 Å². The van der Waals surface area contributed by atoms with E-state index in [1.54, 1.807) is 6.07 Å². The maximum atomic E-state index is 12.7. The minimum atomic E-state index is -4.39. The SMILES string of the molecule is FC(F)(F)c1cccc([C@@H]2CCCCN2)c1Cl. The molecule has 1 aromatic carbocycles. The Bertz CT molecular complexity index is 397. The number of hydrogen-bond acceptors (Lipinski definition) is 1. The number of benzene rings is 1. The Morgan fingerprint density at radius 2 is 2.00 bits per heavy atom. The molecule has 0 amide bonds. The molecule has 1 aliphatic heterocycles. The molecule has 0 saturated carbocycles. The number of hydrogen-bond donors (Lipinski definition) is 1. The molecule has 1 aromatic rings. The second-order valence-corrected chi connectivity index (χ2v) is 4.59. The Labute approximate surface area is 103 Å². The molecule has 0 aromatic heterocycles. The number of rotatable bonds is 1. The van der Waals surface area contributed by atoms with Crippen LogP contribution in [0.2, 0.25) is 5.02 Å². The lowest BCUT2D eigenvalue weighted by Gasteiger charge is -2.25. The van der Waals surface area contributed by atoms with Crippen LogP contribution in [0.4, 0.5) is 13.2 Å². The van der Waals surface area contributed by atoms with Gasteiger partial charge in [-0.15, -0.1) is 0 Å². The second-order valence-electron chi connectivity index (χ2n) is 4.21. The van der Waals surface area contributed by atoms with Crippen LogP contribution in [0.5, 0.6) is 0 Å². The highest BCUT2D eigenvalue weighted by molar-refractivity contribution is 6.32. The molecule has 1 aliphatic rings. The summed E-state index contributed by atoms with van der Waals surface area (Å²) in [6, 6.07) is 4.05. The van der Waals surface area contributed by atoms with Crippen molar-refractivity contribution in [3.8, 4) is 0 Å². The van der Waals surface area contributed by atoms with Crippen LogP contribution >= 0.6 is 11.6 Å². The molecule has 1 fully saturated rings. The normalized spacial score (nSPS) is 21.5. The lowest BCUT2D eigenvalue weighted by Crippen LogP contribution is -2.27. The van der Waals surface area contributed by atoms with Crippen LogP contribution in [0.15, 0.2) is 18.2 Å². The highest BCUT2D eigenvalue weighted by Gasteiger charge is 2.34. The van der Waals surface area contributed by atoms with Crippen LogP contribution in [0.3, 0.4) is 0 Å². The van der Waals surface area contributed by atoms with E-state index in [0.29, 0.717) is 5.56 Å². The number of alkyl halides is 3. The molecule has 0 bridgehead atoms. The average molecular weight is 264 g/mol. The van der Waals surface area contributed by atoms with E-state index in [4.69, 9.17) is 11.6 Å². The standard InChI is InChI=1S/C12H13ClF3N/c13-11-8(10-6-1-2-7-17-10)4-3-5-9(11)12(14,15)16/h3-5,10,17H,1-2,6-7H2/t10-/m0/s1. The van der Waals surface area contributed by atoms with Crippen molar-refractivity contribution in [2.75, 3.05) is 6.54 Å². The minimum Gasteiger partial charge on any atom is -0.310 e. The first-order valence-corrected chi connectivity index (χ1v) is 5.97. The van der Waals surface area contributed by atoms with Crippen LogP contribution in [-0.2, 0) is 6.18 Å². The van der Waals surface area contributed by atoms with Gasteiger partial charge in [0.05, 0.1) is 10.6 Å². The van der Waals surface area contributed by atoms with E-state index in [2.05, 4.69) is 5.32 Å². The van der Waals surface area contributed by atoms with Gasteiger partial charge in [-0.25, -0.2) is 0 Å². The third-order valence-corrected chi connectivity index (χ3v) is 3.44. The zero-order valence-corrected chi connectivity index (χ0v) is 9.91. The quantitative estimate of drug-likeness (QED) is 0.802. The van der Waals surface area contributed by atoms with Crippen LogP contribution < -0.4 is 5.32 Å². The summed E-state index contributed by atoms with van der Waals surface area (Å²) in [6.45, 7) is 0.831. The Hall–Kier alpha value is -0.740. The van der Waals surface area contributed by atoms with Crippen molar-refractivity contribution in [1.82, 2.24) is 5.32 Å². The smallest absolute Gasteiger partial charge is 0.310 e. The number of halogens is 4. The molecule has 17 heavy (non-hydrogen) atoms. The Kier molecular flexibility index (Phi) is 3.64. The van der Waals surface area contributed by atoms with Gasteiger partial charge in [-0.3, -0.25) is 0 Å². The molecule has 1 atom stereocenters. The summed E-state index contributed by atoms with van der Waals surface area (Å²) in [6.07, 6.45) is -1.47. The maximum absolute atomic E-state index is 12.7. The zero-order chi connectivity index (χ0) is 12.5. The van der Waals surface area contributed by atoms with Gasteiger partial charge >= 0.3 is 6.18 Å². The van der Waals surface area contributed by atoms with Crippen molar-refractivity contribution in [3.63, 3.8) is 0 Å². The molecule has 1 heterocycles. The van der Waals surface area contributed by atoms with E-state index in [1.165, 1.54) is 6.07 Å². The topological polar surface area (TPSA) is 12.0 Å². The molecule has 94 valence electrons. The Balaban J connectivity index is 2.35. The monoisotopic (exact) mass is 263 g/mol. The molecule has 2 rings (SSSR count). The van der Waals surface area contributed by atoms with E-state index in [0.717, 1.165) is 31.9 Å². The zero-order valence-electron chi connectivity index (χ0n) is 9.15. The molecule has 5 heteroatoms.